The van der Waals surface area contributed by atoms with Crippen molar-refractivity contribution in [3.05, 3.63) is 65.7 Å². The second kappa shape index (κ2) is 7.30. The summed E-state index contributed by atoms with van der Waals surface area (Å²) in [5.74, 6) is -0.337. The maximum Gasteiger partial charge on any atom is 0.261 e. The minimum Gasteiger partial charge on any atom is -0.290 e. The molecule has 0 fully saturated rings. The summed E-state index contributed by atoms with van der Waals surface area (Å²) in [7, 11) is 0. The average Bonchev–Trinajstić information content (AvgIpc) is 3.02. The van der Waals surface area contributed by atoms with Gasteiger partial charge in [-0.05, 0) is 23.2 Å². The van der Waals surface area contributed by atoms with Gasteiger partial charge in [0.2, 0.25) is 5.95 Å². The topological polar surface area (TPSA) is 67.8 Å². The molecule has 0 aliphatic rings. The van der Waals surface area contributed by atoms with Gasteiger partial charge in [-0.15, -0.1) is 0 Å². The van der Waals surface area contributed by atoms with Gasteiger partial charge in [-0.25, -0.2) is 4.39 Å². The van der Waals surface area contributed by atoms with Crippen LogP contribution < -0.4 is 5.32 Å². The first-order chi connectivity index (χ1) is 11.2. The summed E-state index contributed by atoms with van der Waals surface area (Å²) < 4.78 is 18.3. The van der Waals surface area contributed by atoms with Crippen LogP contribution in [0.25, 0.3) is 0 Å². The third-order valence-corrected chi connectivity index (χ3v) is 4.76. The molecule has 0 atom stereocenters. The molecular formula is C15H11FN4OS2. The van der Waals surface area contributed by atoms with E-state index in [1.165, 1.54) is 41.1 Å². The minimum absolute atomic E-state index is 0.0895. The zero-order valence-corrected chi connectivity index (χ0v) is 13.4. The van der Waals surface area contributed by atoms with E-state index in [0.29, 0.717) is 0 Å². The Hall–Kier alpha value is -2.32. The highest BCUT2D eigenvalue weighted by atomic mass is 32.2. The number of aromatic nitrogens is 3. The Kier molecular flexibility index (Phi) is 4.94. The maximum atomic E-state index is 13.5. The molecule has 0 saturated carbocycles. The number of rotatable bonds is 5. The van der Waals surface area contributed by atoms with Crippen LogP contribution in [0.5, 0.6) is 0 Å². The molecule has 0 aliphatic carbocycles. The second-order valence-corrected chi connectivity index (χ2v) is 6.44. The summed E-state index contributed by atoms with van der Waals surface area (Å²) in [6.45, 7) is 0. The lowest BCUT2D eigenvalue weighted by atomic mass is 10.2. The normalized spacial score (nSPS) is 10.5. The number of nitrogens with one attached hydrogen (secondary N) is 1. The predicted molar refractivity (Wildman–Crippen MR) is 88.1 cm³/mol. The molecule has 3 aromatic rings. The number of hydrogen-bond donors (Lipinski definition) is 1. The average molecular weight is 346 g/mol. The molecule has 1 N–H and O–H groups in total. The third kappa shape index (κ3) is 4.11. The molecule has 0 radical (unpaired) electrons. The first-order valence-electron chi connectivity index (χ1n) is 6.63. The molecule has 3 rings (SSSR count). The zero-order valence-electron chi connectivity index (χ0n) is 11.8. The van der Waals surface area contributed by atoms with Gasteiger partial charge in [0.05, 0.1) is 11.8 Å². The van der Waals surface area contributed by atoms with Crippen molar-refractivity contribution < 1.29 is 9.18 Å². The van der Waals surface area contributed by atoms with Gasteiger partial charge in [0.1, 0.15) is 0 Å². The summed E-state index contributed by atoms with van der Waals surface area (Å²) in [4.78, 5) is 19.8. The number of halogens is 1. The minimum atomic E-state index is -0.682. The smallest absolute Gasteiger partial charge is 0.261 e. The molecule has 8 heteroatoms. The van der Waals surface area contributed by atoms with Gasteiger partial charge in [0.15, 0.2) is 10.2 Å². The van der Waals surface area contributed by atoms with E-state index >= 15 is 0 Å². The summed E-state index contributed by atoms with van der Waals surface area (Å²) >= 11 is 2.72. The maximum absolute atomic E-state index is 13.5. The molecule has 1 amide bonds. The molecule has 0 saturated heterocycles. The van der Waals surface area contributed by atoms with Crippen molar-refractivity contribution >= 4 is 35.1 Å². The Morgan fingerprint density at radius 1 is 1.26 bits per heavy atom. The monoisotopic (exact) mass is 346 g/mol. The van der Waals surface area contributed by atoms with Crippen LogP contribution in [0.1, 0.15) is 15.9 Å². The molecule has 2 aromatic heterocycles. The lowest BCUT2D eigenvalue weighted by Crippen LogP contribution is -2.14. The Labute approximate surface area is 140 Å². The van der Waals surface area contributed by atoms with Gasteiger partial charge in [-0.3, -0.25) is 15.1 Å². The number of carbonyl (C=O) groups excluding carboxylic acids is 1. The Morgan fingerprint density at radius 2 is 2.09 bits per heavy atom. The number of thioether (sulfide) groups is 1. The van der Waals surface area contributed by atoms with Crippen molar-refractivity contribution in [1.29, 1.82) is 0 Å². The molecule has 5 nitrogen and oxygen atoms in total. The second-order valence-electron chi connectivity index (χ2n) is 4.47. The van der Waals surface area contributed by atoms with E-state index in [9.17, 15) is 9.18 Å². The summed E-state index contributed by atoms with van der Waals surface area (Å²) in [5.41, 5.74) is 1.09. The highest BCUT2D eigenvalue weighted by Crippen LogP contribution is 2.25. The number of amides is 1. The Balaban J connectivity index is 1.61. The van der Waals surface area contributed by atoms with Crippen LogP contribution in [-0.2, 0) is 5.75 Å². The van der Waals surface area contributed by atoms with Crippen LogP contribution >= 0.6 is 23.3 Å². The van der Waals surface area contributed by atoms with Crippen LogP contribution in [0.2, 0.25) is 0 Å². The molecule has 2 heterocycles. The van der Waals surface area contributed by atoms with Gasteiger partial charge < -0.3 is 0 Å². The SMILES string of the molecule is O=C(Nc1nsc(SCc2ccccc2)n1)c1ccncc1F. The third-order valence-electron chi connectivity index (χ3n) is 2.85. The fourth-order valence-electron chi connectivity index (χ4n) is 1.77. The van der Waals surface area contributed by atoms with E-state index in [4.69, 9.17) is 0 Å². The van der Waals surface area contributed by atoms with Crippen molar-refractivity contribution in [2.24, 2.45) is 0 Å². The molecule has 23 heavy (non-hydrogen) atoms. The standard InChI is InChI=1S/C15H11FN4OS2/c16-12-8-17-7-6-11(12)13(21)18-14-19-15(23-20-14)22-9-10-4-2-1-3-5-10/h1-8H,9H2,(H,18,20,21). The van der Waals surface area contributed by atoms with Crippen molar-refractivity contribution in [1.82, 2.24) is 14.3 Å². The number of anilines is 1. The van der Waals surface area contributed by atoms with E-state index < -0.39 is 11.7 Å². The molecule has 116 valence electrons. The quantitative estimate of drug-likeness (QED) is 0.715. The summed E-state index contributed by atoms with van der Waals surface area (Å²) in [6.07, 6.45) is 2.35. The molecule has 1 aromatic carbocycles. The fourth-order valence-corrected chi connectivity index (χ4v) is 3.28. The Morgan fingerprint density at radius 3 is 2.87 bits per heavy atom. The molecule has 0 bridgehead atoms. The molecular weight excluding hydrogens is 335 g/mol. The highest BCUT2D eigenvalue weighted by Gasteiger charge is 2.14. The molecule has 0 aliphatic heterocycles. The van der Waals surface area contributed by atoms with Gasteiger partial charge in [-0.1, -0.05) is 42.1 Å². The summed E-state index contributed by atoms with van der Waals surface area (Å²) in [5, 5.41) is 2.49. The largest absolute Gasteiger partial charge is 0.290 e. The highest BCUT2D eigenvalue weighted by molar-refractivity contribution is 8.00. The van der Waals surface area contributed by atoms with E-state index in [1.807, 2.05) is 30.3 Å². The first-order valence-corrected chi connectivity index (χ1v) is 8.39. The number of nitrogens with zero attached hydrogens (tertiary/aromatic N) is 3. The van der Waals surface area contributed by atoms with E-state index in [0.717, 1.165) is 16.3 Å². The van der Waals surface area contributed by atoms with Gasteiger partial charge in [0, 0.05) is 11.9 Å². The number of pyridine rings is 1. The van der Waals surface area contributed by atoms with Crippen molar-refractivity contribution in [3.8, 4) is 0 Å². The van der Waals surface area contributed by atoms with Crippen molar-refractivity contribution in [3.63, 3.8) is 0 Å². The first kappa shape index (κ1) is 15.6. The van der Waals surface area contributed by atoms with E-state index in [1.54, 1.807) is 0 Å². The van der Waals surface area contributed by atoms with Crippen LogP contribution in [0.4, 0.5) is 10.3 Å². The lowest BCUT2D eigenvalue weighted by molar-refractivity contribution is 0.102. The summed E-state index contributed by atoms with van der Waals surface area (Å²) in [6, 6.07) is 11.3. The number of carbonyl (C=O) groups is 1. The van der Waals surface area contributed by atoms with Gasteiger partial charge in [0.25, 0.3) is 5.91 Å². The fraction of sp³-hybridized carbons (Fsp3) is 0.0667. The van der Waals surface area contributed by atoms with Crippen molar-refractivity contribution in [2.75, 3.05) is 5.32 Å². The van der Waals surface area contributed by atoms with Gasteiger partial charge in [-0.2, -0.15) is 9.36 Å². The number of benzene rings is 1. The molecule has 0 unspecified atom stereocenters. The van der Waals surface area contributed by atoms with Gasteiger partial charge >= 0.3 is 0 Å². The van der Waals surface area contributed by atoms with E-state index in [-0.39, 0.29) is 11.5 Å². The van der Waals surface area contributed by atoms with Crippen LogP contribution in [0, 0.1) is 5.82 Å². The Bertz CT molecular complexity index is 810. The van der Waals surface area contributed by atoms with E-state index in [2.05, 4.69) is 19.7 Å². The lowest BCUT2D eigenvalue weighted by Gasteiger charge is -2.01. The van der Waals surface area contributed by atoms with Crippen molar-refractivity contribution in [2.45, 2.75) is 10.1 Å². The molecule has 0 spiro atoms. The van der Waals surface area contributed by atoms with Crippen LogP contribution in [0.3, 0.4) is 0 Å². The van der Waals surface area contributed by atoms with Crippen LogP contribution in [-0.4, -0.2) is 20.2 Å². The number of hydrogen-bond acceptors (Lipinski definition) is 6. The predicted octanol–water partition coefficient (Wildman–Crippen LogP) is 3.62. The van der Waals surface area contributed by atoms with Crippen LogP contribution in [0.15, 0.2) is 53.1 Å². The zero-order chi connectivity index (χ0) is 16.1.